The smallest absolute Gasteiger partial charge is 0.230 e. The molecule has 0 radical (unpaired) electrons. The summed E-state index contributed by atoms with van der Waals surface area (Å²) in [6.45, 7) is 0.301. The van der Waals surface area contributed by atoms with Gasteiger partial charge in [-0.25, -0.2) is 13.1 Å². The molecule has 0 aromatic heterocycles. The van der Waals surface area contributed by atoms with Gasteiger partial charge >= 0.3 is 0 Å². The van der Waals surface area contributed by atoms with Crippen LogP contribution in [-0.4, -0.2) is 27.1 Å². The van der Waals surface area contributed by atoms with Crippen LogP contribution >= 0.6 is 27.7 Å². The van der Waals surface area contributed by atoms with Crippen molar-refractivity contribution in [2.24, 2.45) is 0 Å². The fraction of sp³-hybridized carbons (Fsp3) is 0.235. The van der Waals surface area contributed by atoms with E-state index in [9.17, 15) is 13.2 Å². The third kappa shape index (κ3) is 6.81. The van der Waals surface area contributed by atoms with Gasteiger partial charge in [-0.1, -0.05) is 40.2 Å². The fourth-order valence-electron chi connectivity index (χ4n) is 2.07. The van der Waals surface area contributed by atoms with E-state index in [1.54, 1.807) is 12.1 Å². The number of thioether (sulfide) groups is 1. The molecular formula is C17H19BrN2O3S2. The van der Waals surface area contributed by atoms with Crippen LogP contribution in [0, 0.1) is 0 Å². The van der Waals surface area contributed by atoms with E-state index in [0.717, 1.165) is 14.9 Å². The predicted molar refractivity (Wildman–Crippen MR) is 105 cm³/mol. The SMILES string of the molecule is CNS(=O)(=O)Cc1ccccc1CNC(=O)CSc1ccc(Br)cc1. The van der Waals surface area contributed by atoms with Crippen LogP contribution in [0.5, 0.6) is 0 Å². The van der Waals surface area contributed by atoms with Gasteiger partial charge in [-0.2, -0.15) is 0 Å². The Kier molecular flexibility index (Phi) is 7.49. The summed E-state index contributed by atoms with van der Waals surface area (Å²) in [5.41, 5.74) is 1.47. The highest BCUT2D eigenvalue weighted by atomic mass is 79.9. The molecule has 2 aromatic carbocycles. The number of benzene rings is 2. The van der Waals surface area contributed by atoms with E-state index in [2.05, 4.69) is 26.0 Å². The van der Waals surface area contributed by atoms with Crippen molar-refractivity contribution >= 4 is 43.6 Å². The molecule has 0 aliphatic heterocycles. The summed E-state index contributed by atoms with van der Waals surface area (Å²) in [6.07, 6.45) is 0. The number of rotatable bonds is 8. The highest BCUT2D eigenvalue weighted by Gasteiger charge is 2.12. The van der Waals surface area contributed by atoms with Gasteiger partial charge in [-0.15, -0.1) is 11.8 Å². The molecule has 1 amide bonds. The lowest BCUT2D eigenvalue weighted by Crippen LogP contribution is -2.26. The molecule has 0 saturated heterocycles. The molecule has 0 aliphatic rings. The first kappa shape index (κ1) is 20.0. The number of carbonyl (C=O) groups is 1. The Balaban J connectivity index is 1.90. The maximum Gasteiger partial charge on any atom is 0.230 e. The van der Waals surface area contributed by atoms with Gasteiger partial charge in [-0.05, 0) is 42.4 Å². The molecule has 0 atom stereocenters. The van der Waals surface area contributed by atoms with Crippen molar-refractivity contribution in [3.63, 3.8) is 0 Å². The zero-order valence-corrected chi connectivity index (χ0v) is 16.9. The predicted octanol–water partition coefficient (Wildman–Crippen LogP) is 2.91. The van der Waals surface area contributed by atoms with Crippen molar-refractivity contribution in [2.75, 3.05) is 12.8 Å². The van der Waals surface area contributed by atoms with Crippen LogP contribution in [0.15, 0.2) is 57.9 Å². The molecule has 134 valence electrons. The quantitative estimate of drug-likeness (QED) is 0.616. The fourth-order valence-corrected chi connectivity index (χ4v) is 3.90. The molecule has 2 aromatic rings. The second-order valence-electron chi connectivity index (χ2n) is 5.25. The average molecular weight is 443 g/mol. The van der Waals surface area contributed by atoms with Crippen molar-refractivity contribution in [1.82, 2.24) is 10.0 Å². The molecule has 5 nitrogen and oxygen atoms in total. The minimum atomic E-state index is -3.35. The van der Waals surface area contributed by atoms with Crippen molar-refractivity contribution in [3.8, 4) is 0 Å². The maximum absolute atomic E-state index is 12.0. The zero-order chi connectivity index (χ0) is 18.3. The minimum Gasteiger partial charge on any atom is -0.351 e. The van der Waals surface area contributed by atoms with Gasteiger partial charge in [0.1, 0.15) is 0 Å². The standard InChI is InChI=1S/C17H19BrN2O3S2/c1-19-25(22,23)12-14-5-3-2-4-13(14)10-20-17(21)11-24-16-8-6-15(18)7-9-16/h2-9,19H,10-12H2,1H3,(H,20,21). The number of amides is 1. The molecule has 8 heteroatoms. The Morgan fingerprint density at radius 3 is 2.36 bits per heavy atom. The summed E-state index contributed by atoms with van der Waals surface area (Å²) in [7, 11) is -1.97. The van der Waals surface area contributed by atoms with Gasteiger partial charge in [-0.3, -0.25) is 4.79 Å². The van der Waals surface area contributed by atoms with Crippen LogP contribution in [0.1, 0.15) is 11.1 Å². The van der Waals surface area contributed by atoms with E-state index in [4.69, 9.17) is 0 Å². The molecule has 0 fully saturated rings. The van der Waals surface area contributed by atoms with Crippen LogP contribution in [0.2, 0.25) is 0 Å². The summed E-state index contributed by atoms with van der Waals surface area (Å²) in [5, 5.41) is 2.84. The molecule has 0 spiro atoms. The number of hydrogen-bond acceptors (Lipinski definition) is 4. The van der Waals surface area contributed by atoms with Gasteiger partial charge in [0, 0.05) is 15.9 Å². The lowest BCUT2D eigenvalue weighted by atomic mass is 10.1. The van der Waals surface area contributed by atoms with E-state index < -0.39 is 10.0 Å². The zero-order valence-electron chi connectivity index (χ0n) is 13.7. The lowest BCUT2D eigenvalue weighted by molar-refractivity contribution is -0.118. The summed E-state index contributed by atoms with van der Waals surface area (Å²) < 4.78 is 26.8. The van der Waals surface area contributed by atoms with E-state index in [0.29, 0.717) is 17.9 Å². The molecule has 0 bridgehead atoms. The van der Waals surface area contributed by atoms with Crippen molar-refractivity contribution in [2.45, 2.75) is 17.2 Å². The largest absolute Gasteiger partial charge is 0.351 e. The van der Waals surface area contributed by atoms with Crippen LogP contribution in [0.25, 0.3) is 0 Å². The first-order valence-corrected chi connectivity index (χ1v) is 11.0. The molecule has 0 aliphatic carbocycles. The lowest BCUT2D eigenvalue weighted by Gasteiger charge is -2.11. The van der Waals surface area contributed by atoms with Crippen LogP contribution in [0.3, 0.4) is 0 Å². The number of hydrogen-bond donors (Lipinski definition) is 2. The van der Waals surface area contributed by atoms with Gasteiger partial charge in [0.25, 0.3) is 0 Å². The molecule has 0 unspecified atom stereocenters. The normalized spacial score (nSPS) is 11.3. The summed E-state index contributed by atoms with van der Waals surface area (Å²) in [5.74, 6) is 0.0983. The Morgan fingerprint density at radius 1 is 1.08 bits per heavy atom. The Hall–Kier alpha value is -1.35. The summed E-state index contributed by atoms with van der Waals surface area (Å²) >= 11 is 4.82. The molecule has 0 saturated carbocycles. The van der Waals surface area contributed by atoms with Gasteiger partial charge in [0.2, 0.25) is 15.9 Å². The highest BCUT2D eigenvalue weighted by Crippen LogP contribution is 2.20. The maximum atomic E-state index is 12.0. The Labute approximate surface area is 160 Å². The Morgan fingerprint density at radius 2 is 1.72 bits per heavy atom. The Bertz CT molecular complexity index is 824. The number of nitrogens with one attached hydrogen (secondary N) is 2. The number of carbonyl (C=O) groups excluding carboxylic acids is 1. The third-order valence-electron chi connectivity index (χ3n) is 3.43. The van der Waals surface area contributed by atoms with E-state index in [1.165, 1.54) is 18.8 Å². The van der Waals surface area contributed by atoms with Crippen LogP contribution in [0.4, 0.5) is 0 Å². The molecular weight excluding hydrogens is 424 g/mol. The van der Waals surface area contributed by atoms with Crippen molar-refractivity contribution in [1.29, 1.82) is 0 Å². The van der Waals surface area contributed by atoms with Crippen LogP contribution in [-0.2, 0) is 27.1 Å². The number of sulfonamides is 1. The summed E-state index contributed by atoms with van der Waals surface area (Å²) in [6, 6.07) is 14.9. The van der Waals surface area contributed by atoms with Crippen molar-refractivity contribution in [3.05, 3.63) is 64.1 Å². The van der Waals surface area contributed by atoms with Crippen molar-refractivity contribution < 1.29 is 13.2 Å². The van der Waals surface area contributed by atoms with E-state index in [-0.39, 0.29) is 11.7 Å². The number of halogens is 1. The second-order valence-corrected chi connectivity index (χ2v) is 9.14. The monoisotopic (exact) mass is 442 g/mol. The van der Waals surface area contributed by atoms with Gasteiger partial charge in [0.05, 0.1) is 11.5 Å². The molecule has 2 rings (SSSR count). The summed E-state index contributed by atoms with van der Waals surface area (Å²) in [4.78, 5) is 13.1. The van der Waals surface area contributed by atoms with E-state index in [1.807, 2.05) is 36.4 Å². The minimum absolute atomic E-state index is 0.0980. The first-order valence-electron chi connectivity index (χ1n) is 7.52. The van der Waals surface area contributed by atoms with Gasteiger partial charge in [0.15, 0.2) is 0 Å². The third-order valence-corrected chi connectivity index (χ3v) is 6.29. The topological polar surface area (TPSA) is 75.3 Å². The highest BCUT2D eigenvalue weighted by molar-refractivity contribution is 9.10. The van der Waals surface area contributed by atoms with Gasteiger partial charge < -0.3 is 5.32 Å². The molecule has 25 heavy (non-hydrogen) atoms. The van der Waals surface area contributed by atoms with E-state index >= 15 is 0 Å². The molecule has 2 N–H and O–H groups in total. The molecule has 0 heterocycles. The first-order chi connectivity index (χ1) is 11.9. The average Bonchev–Trinajstić information content (AvgIpc) is 2.60. The second kappa shape index (κ2) is 9.38. The van der Waals surface area contributed by atoms with Crippen LogP contribution < -0.4 is 10.0 Å².